The summed E-state index contributed by atoms with van der Waals surface area (Å²) < 4.78 is 48.8. The van der Waals surface area contributed by atoms with E-state index in [1.165, 1.54) is 28.8 Å². The van der Waals surface area contributed by atoms with Gasteiger partial charge in [-0.1, -0.05) is 0 Å². The third-order valence-electron chi connectivity index (χ3n) is 5.75. The van der Waals surface area contributed by atoms with E-state index in [9.17, 15) is 18.0 Å². The normalized spacial score (nSPS) is 13.8. The average molecular weight is 467 g/mol. The zero-order valence-corrected chi connectivity index (χ0v) is 18.1. The lowest BCUT2D eigenvalue weighted by Crippen LogP contribution is -2.17. The molecule has 2 aromatic heterocycles. The Morgan fingerprint density at radius 2 is 1.76 bits per heavy atom. The molecule has 1 aliphatic rings. The molecule has 0 bridgehead atoms. The highest BCUT2D eigenvalue weighted by Gasteiger charge is 2.31. The first-order valence-electron chi connectivity index (χ1n) is 10.6. The average Bonchev–Trinajstić information content (AvgIpc) is 3.53. The molecular formula is C25H20F3N3O3. The molecule has 0 saturated heterocycles. The van der Waals surface area contributed by atoms with E-state index in [1.54, 1.807) is 37.6 Å². The van der Waals surface area contributed by atoms with Gasteiger partial charge in [0.25, 0.3) is 5.56 Å². The molecule has 6 nitrogen and oxygen atoms in total. The fourth-order valence-corrected chi connectivity index (χ4v) is 3.92. The van der Waals surface area contributed by atoms with Crippen LogP contribution in [-0.2, 0) is 7.05 Å². The number of H-pyrrole nitrogens is 1. The summed E-state index contributed by atoms with van der Waals surface area (Å²) in [4.78, 5) is 15.5. The molecule has 1 saturated carbocycles. The van der Waals surface area contributed by atoms with E-state index in [0.29, 0.717) is 33.7 Å². The second kappa shape index (κ2) is 8.09. The van der Waals surface area contributed by atoms with Gasteiger partial charge in [0, 0.05) is 47.6 Å². The van der Waals surface area contributed by atoms with Crippen molar-refractivity contribution in [2.24, 2.45) is 13.0 Å². The molecule has 0 spiro atoms. The molecule has 0 radical (unpaired) electrons. The van der Waals surface area contributed by atoms with Crippen molar-refractivity contribution in [1.82, 2.24) is 9.55 Å². The molecule has 9 heteroatoms. The summed E-state index contributed by atoms with van der Waals surface area (Å²) in [5, 5.41) is 9.20. The number of aromatic nitrogens is 2. The van der Waals surface area contributed by atoms with E-state index in [0.717, 1.165) is 24.0 Å². The Bertz CT molecular complexity index is 1450. The molecular weight excluding hydrogens is 447 g/mol. The zero-order valence-electron chi connectivity index (χ0n) is 18.1. The van der Waals surface area contributed by atoms with Crippen molar-refractivity contribution in [1.29, 1.82) is 5.41 Å². The van der Waals surface area contributed by atoms with E-state index in [1.807, 2.05) is 6.07 Å². The number of halogens is 3. The second-order valence-corrected chi connectivity index (χ2v) is 8.25. The molecule has 5 rings (SSSR count). The van der Waals surface area contributed by atoms with Crippen LogP contribution in [0.15, 0.2) is 65.7 Å². The number of pyridine rings is 1. The minimum absolute atomic E-state index is 0.173. The molecule has 1 fully saturated rings. The first kappa shape index (κ1) is 21.8. The molecule has 0 unspecified atom stereocenters. The molecule has 4 aromatic rings. The van der Waals surface area contributed by atoms with Crippen LogP contribution in [0.25, 0.3) is 22.0 Å². The van der Waals surface area contributed by atoms with Crippen molar-refractivity contribution in [3.63, 3.8) is 0 Å². The van der Waals surface area contributed by atoms with Crippen LogP contribution in [-0.4, -0.2) is 21.6 Å². The van der Waals surface area contributed by atoms with Gasteiger partial charge in [0.1, 0.15) is 22.8 Å². The summed E-state index contributed by atoms with van der Waals surface area (Å²) in [7, 11) is 1.65. The van der Waals surface area contributed by atoms with E-state index >= 15 is 0 Å². The Hall–Kier alpha value is -4.01. The van der Waals surface area contributed by atoms with Crippen molar-refractivity contribution < 1.29 is 22.6 Å². The van der Waals surface area contributed by atoms with Gasteiger partial charge in [-0.3, -0.25) is 4.79 Å². The number of nitrogens with one attached hydrogen (secondary N) is 2. The van der Waals surface area contributed by atoms with Crippen molar-refractivity contribution >= 4 is 16.6 Å². The summed E-state index contributed by atoms with van der Waals surface area (Å²) in [6.45, 7) is 0. The number of hydrogen-bond donors (Lipinski definition) is 2. The van der Waals surface area contributed by atoms with Gasteiger partial charge < -0.3 is 24.4 Å². The fourth-order valence-electron chi connectivity index (χ4n) is 3.92. The van der Waals surface area contributed by atoms with Crippen molar-refractivity contribution in [2.75, 3.05) is 0 Å². The highest BCUT2D eigenvalue weighted by atomic mass is 19.4. The number of aromatic amines is 1. The van der Waals surface area contributed by atoms with E-state index < -0.39 is 6.36 Å². The number of aryl methyl sites for hydroxylation is 1. The zero-order chi connectivity index (χ0) is 24.0. The van der Waals surface area contributed by atoms with Crippen molar-refractivity contribution in [3.05, 3.63) is 76.8 Å². The van der Waals surface area contributed by atoms with Crippen LogP contribution >= 0.6 is 0 Å². The molecule has 2 heterocycles. The number of fused-ring (bicyclic) bond motifs is 1. The van der Waals surface area contributed by atoms with Gasteiger partial charge in [0.2, 0.25) is 0 Å². The maximum Gasteiger partial charge on any atom is 0.573 e. The Balaban J connectivity index is 1.58. The van der Waals surface area contributed by atoms with Crippen molar-refractivity contribution in [2.45, 2.75) is 19.2 Å². The van der Waals surface area contributed by atoms with Gasteiger partial charge in [-0.2, -0.15) is 0 Å². The van der Waals surface area contributed by atoms with E-state index in [2.05, 4.69) is 9.72 Å². The lowest BCUT2D eigenvalue weighted by Gasteiger charge is -2.16. The number of nitrogens with zero attached hydrogens (tertiary/aromatic N) is 1. The summed E-state index contributed by atoms with van der Waals surface area (Å²) in [6.07, 6.45) is 0.598. The van der Waals surface area contributed by atoms with E-state index in [4.69, 9.17) is 10.1 Å². The third-order valence-corrected chi connectivity index (χ3v) is 5.75. The first-order valence-corrected chi connectivity index (χ1v) is 10.6. The number of rotatable bonds is 6. The van der Waals surface area contributed by atoms with Gasteiger partial charge in [0.05, 0.1) is 0 Å². The van der Waals surface area contributed by atoms with Crippen LogP contribution in [0.5, 0.6) is 17.2 Å². The minimum Gasteiger partial charge on any atom is -0.457 e. The van der Waals surface area contributed by atoms with Crippen LogP contribution in [0.4, 0.5) is 13.2 Å². The van der Waals surface area contributed by atoms with E-state index in [-0.39, 0.29) is 17.2 Å². The molecule has 0 amide bonds. The topological polar surface area (TPSA) is 80.1 Å². The van der Waals surface area contributed by atoms with Crippen LogP contribution in [0.1, 0.15) is 18.4 Å². The van der Waals surface area contributed by atoms with Gasteiger partial charge in [-0.05, 0) is 66.9 Å². The standard InChI is InChI=1S/C25H20F3N3O3/c1-31-13-20(18-10-11-30-23(18)24(31)32)19-12-15(22(29)14-2-3-14)4-9-21(19)33-16-5-7-17(8-6-16)34-25(26,27)28/h4-14,29-30H,2-3H2,1H3. The lowest BCUT2D eigenvalue weighted by molar-refractivity contribution is -0.274. The molecule has 2 N–H and O–H groups in total. The van der Waals surface area contributed by atoms with Crippen LogP contribution in [0.2, 0.25) is 0 Å². The molecule has 0 aliphatic heterocycles. The predicted molar refractivity (Wildman–Crippen MR) is 122 cm³/mol. The smallest absolute Gasteiger partial charge is 0.457 e. The highest BCUT2D eigenvalue weighted by Crippen LogP contribution is 2.40. The monoisotopic (exact) mass is 467 g/mol. The maximum atomic E-state index is 12.5. The lowest BCUT2D eigenvalue weighted by atomic mass is 9.97. The summed E-state index contributed by atoms with van der Waals surface area (Å²) in [5.74, 6) is 0.655. The van der Waals surface area contributed by atoms with Gasteiger partial charge in [0.15, 0.2) is 0 Å². The SMILES string of the molecule is Cn1cc(-c2cc(C(=N)C3CC3)ccc2Oc2ccc(OC(F)(F)F)cc2)c2cc[nH]c2c1=O. The van der Waals surface area contributed by atoms with Crippen LogP contribution in [0, 0.1) is 11.3 Å². The van der Waals surface area contributed by atoms with Crippen LogP contribution < -0.4 is 15.0 Å². The molecule has 0 atom stereocenters. The number of benzene rings is 2. The number of ether oxygens (including phenoxy) is 2. The van der Waals surface area contributed by atoms with Crippen LogP contribution in [0.3, 0.4) is 0 Å². The molecule has 174 valence electrons. The Kier molecular flexibility index (Phi) is 5.19. The summed E-state index contributed by atoms with van der Waals surface area (Å²) in [6, 6.07) is 12.3. The predicted octanol–water partition coefficient (Wildman–Crippen LogP) is 6.00. The summed E-state index contributed by atoms with van der Waals surface area (Å²) >= 11 is 0. The Morgan fingerprint density at radius 3 is 2.44 bits per heavy atom. The first-order chi connectivity index (χ1) is 16.2. The largest absolute Gasteiger partial charge is 0.573 e. The van der Waals surface area contributed by atoms with Gasteiger partial charge >= 0.3 is 6.36 Å². The Labute approximate surface area is 192 Å². The van der Waals surface area contributed by atoms with Crippen molar-refractivity contribution in [3.8, 4) is 28.4 Å². The minimum atomic E-state index is -4.78. The Morgan fingerprint density at radius 1 is 1.06 bits per heavy atom. The summed E-state index contributed by atoms with van der Waals surface area (Å²) in [5.41, 5.74) is 2.98. The highest BCUT2D eigenvalue weighted by molar-refractivity contribution is 6.04. The molecule has 1 aliphatic carbocycles. The quantitative estimate of drug-likeness (QED) is 0.341. The third kappa shape index (κ3) is 4.28. The van der Waals surface area contributed by atoms with Gasteiger partial charge in [-0.15, -0.1) is 13.2 Å². The number of alkyl halides is 3. The maximum absolute atomic E-state index is 12.5. The molecule has 34 heavy (non-hydrogen) atoms. The fraction of sp³-hybridized carbons (Fsp3) is 0.200. The number of hydrogen-bond acceptors (Lipinski definition) is 4. The van der Waals surface area contributed by atoms with Gasteiger partial charge in [-0.25, -0.2) is 0 Å². The second-order valence-electron chi connectivity index (χ2n) is 8.25. The molecule has 2 aromatic carbocycles.